The first-order valence-electron chi connectivity index (χ1n) is 7.20. The van der Waals surface area contributed by atoms with E-state index in [4.69, 9.17) is 0 Å². The minimum absolute atomic E-state index is 0.293. The highest BCUT2D eigenvalue weighted by Crippen LogP contribution is 2.37. The maximum atomic E-state index is 11.7. The van der Waals surface area contributed by atoms with Gasteiger partial charge in [0.1, 0.15) is 6.04 Å². The Balaban J connectivity index is 2.04. The van der Waals surface area contributed by atoms with Gasteiger partial charge in [0.2, 0.25) is 5.95 Å². The van der Waals surface area contributed by atoms with Crippen molar-refractivity contribution in [2.75, 3.05) is 11.4 Å². The molecule has 0 aliphatic carbocycles. The van der Waals surface area contributed by atoms with Gasteiger partial charge in [0.25, 0.3) is 0 Å². The monoisotopic (exact) mass is 285 g/mol. The third kappa shape index (κ3) is 2.44. The number of benzene rings is 1. The average molecular weight is 285 g/mol. The highest BCUT2D eigenvalue weighted by Gasteiger charge is 2.43. The van der Waals surface area contributed by atoms with Gasteiger partial charge < -0.3 is 10.0 Å². The first-order valence-corrected chi connectivity index (χ1v) is 7.20. The number of nitrogens with zero attached hydrogens (tertiary/aromatic N) is 3. The van der Waals surface area contributed by atoms with Crippen molar-refractivity contribution in [2.24, 2.45) is 5.41 Å². The molecule has 1 aromatic heterocycles. The van der Waals surface area contributed by atoms with E-state index in [2.05, 4.69) is 9.97 Å². The first-order chi connectivity index (χ1) is 9.99. The zero-order chi connectivity index (χ0) is 15.0. The summed E-state index contributed by atoms with van der Waals surface area (Å²) < 4.78 is 0. The lowest BCUT2D eigenvalue weighted by Gasteiger charge is -2.43. The fourth-order valence-corrected chi connectivity index (χ4v) is 3.18. The molecule has 0 radical (unpaired) electrons. The van der Waals surface area contributed by atoms with E-state index >= 15 is 0 Å². The van der Waals surface area contributed by atoms with Crippen molar-refractivity contribution in [3.05, 3.63) is 30.5 Å². The van der Waals surface area contributed by atoms with E-state index in [9.17, 15) is 9.90 Å². The van der Waals surface area contributed by atoms with Crippen LogP contribution in [0.3, 0.4) is 0 Å². The third-order valence-corrected chi connectivity index (χ3v) is 4.24. The molecule has 0 bridgehead atoms. The van der Waals surface area contributed by atoms with Crippen molar-refractivity contribution in [3.8, 4) is 0 Å². The van der Waals surface area contributed by atoms with Crippen LogP contribution in [0.15, 0.2) is 30.5 Å². The lowest BCUT2D eigenvalue weighted by atomic mass is 9.76. The number of anilines is 1. The number of fused-ring (bicyclic) bond motifs is 1. The SMILES string of the molecule is CC1(C)CCCN(c2ncc3ccccc3n2)C1C(=O)O. The molecule has 1 N–H and O–H groups in total. The minimum atomic E-state index is -0.809. The normalized spacial score (nSPS) is 21.4. The molecule has 1 unspecified atom stereocenters. The Kier molecular flexibility index (Phi) is 3.27. The van der Waals surface area contributed by atoms with Crippen LogP contribution in [0.25, 0.3) is 10.9 Å². The minimum Gasteiger partial charge on any atom is -0.480 e. The number of aliphatic carboxylic acids is 1. The summed E-state index contributed by atoms with van der Waals surface area (Å²) in [6.45, 7) is 4.68. The predicted octanol–water partition coefficient (Wildman–Crippen LogP) is 2.71. The van der Waals surface area contributed by atoms with E-state index in [0.29, 0.717) is 12.5 Å². The zero-order valence-corrected chi connectivity index (χ0v) is 12.3. The van der Waals surface area contributed by atoms with Crippen LogP contribution < -0.4 is 4.90 Å². The molecule has 5 heteroatoms. The van der Waals surface area contributed by atoms with Gasteiger partial charge >= 0.3 is 5.97 Å². The van der Waals surface area contributed by atoms with E-state index in [1.165, 1.54) is 0 Å². The molecule has 3 rings (SSSR count). The van der Waals surface area contributed by atoms with Gasteiger partial charge in [-0.2, -0.15) is 0 Å². The lowest BCUT2D eigenvalue weighted by molar-refractivity contribution is -0.142. The second kappa shape index (κ2) is 4.98. The van der Waals surface area contributed by atoms with Crippen LogP contribution in [0.4, 0.5) is 5.95 Å². The number of rotatable bonds is 2. The van der Waals surface area contributed by atoms with Crippen LogP contribution in [0.1, 0.15) is 26.7 Å². The summed E-state index contributed by atoms with van der Waals surface area (Å²) in [4.78, 5) is 22.5. The van der Waals surface area contributed by atoms with Crippen molar-refractivity contribution < 1.29 is 9.90 Å². The van der Waals surface area contributed by atoms with Crippen LogP contribution in [0.5, 0.6) is 0 Å². The van der Waals surface area contributed by atoms with Gasteiger partial charge in [-0.05, 0) is 24.3 Å². The van der Waals surface area contributed by atoms with Crippen molar-refractivity contribution in [3.63, 3.8) is 0 Å². The van der Waals surface area contributed by atoms with E-state index in [1.54, 1.807) is 6.20 Å². The van der Waals surface area contributed by atoms with Crippen LogP contribution in [-0.4, -0.2) is 33.6 Å². The average Bonchev–Trinajstić information content (AvgIpc) is 2.45. The number of piperidine rings is 1. The van der Waals surface area contributed by atoms with Crippen LogP contribution in [0, 0.1) is 5.41 Å². The Labute approximate surface area is 123 Å². The molecule has 110 valence electrons. The van der Waals surface area contributed by atoms with Gasteiger partial charge in [-0.15, -0.1) is 0 Å². The van der Waals surface area contributed by atoms with E-state index in [1.807, 2.05) is 43.0 Å². The number of hydrogen-bond donors (Lipinski definition) is 1. The highest BCUT2D eigenvalue weighted by atomic mass is 16.4. The summed E-state index contributed by atoms with van der Waals surface area (Å²) in [6, 6.07) is 7.15. The van der Waals surface area contributed by atoms with Gasteiger partial charge in [-0.1, -0.05) is 32.0 Å². The number of carbonyl (C=O) groups is 1. The molecular formula is C16H19N3O2. The smallest absolute Gasteiger partial charge is 0.326 e. The third-order valence-electron chi connectivity index (χ3n) is 4.24. The summed E-state index contributed by atoms with van der Waals surface area (Å²) in [7, 11) is 0. The van der Waals surface area contributed by atoms with Crippen LogP contribution in [-0.2, 0) is 4.79 Å². The van der Waals surface area contributed by atoms with Crippen LogP contribution in [0.2, 0.25) is 0 Å². The Morgan fingerprint density at radius 3 is 2.90 bits per heavy atom. The van der Waals surface area contributed by atoms with E-state index in [0.717, 1.165) is 23.7 Å². The first kappa shape index (κ1) is 13.8. The molecule has 1 fully saturated rings. The largest absolute Gasteiger partial charge is 0.480 e. The molecule has 2 heterocycles. The van der Waals surface area contributed by atoms with Crippen molar-refractivity contribution in [1.29, 1.82) is 0 Å². The highest BCUT2D eigenvalue weighted by molar-refractivity contribution is 5.81. The van der Waals surface area contributed by atoms with Crippen molar-refractivity contribution >= 4 is 22.8 Å². The molecule has 0 amide bonds. The summed E-state index contributed by atoms with van der Waals surface area (Å²) >= 11 is 0. The molecule has 1 aliphatic rings. The Bertz CT molecular complexity index is 684. The van der Waals surface area contributed by atoms with Gasteiger partial charge in [0.15, 0.2) is 0 Å². The standard InChI is InChI=1S/C16H19N3O2/c1-16(2)8-5-9-19(13(16)14(20)21)15-17-10-11-6-3-4-7-12(11)18-15/h3-4,6-7,10,13H,5,8-9H2,1-2H3,(H,20,21). The van der Waals surface area contributed by atoms with Gasteiger partial charge in [0.05, 0.1) is 5.52 Å². The number of carboxylic acid groups (broad SMARTS) is 1. The van der Waals surface area contributed by atoms with Crippen molar-refractivity contribution in [2.45, 2.75) is 32.7 Å². The topological polar surface area (TPSA) is 66.3 Å². The Hall–Kier alpha value is -2.17. The van der Waals surface area contributed by atoms with Gasteiger partial charge in [-0.25, -0.2) is 14.8 Å². The zero-order valence-electron chi connectivity index (χ0n) is 12.3. The second-order valence-electron chi connectivity index (χ2n) is 6.26. The summed E-state index contributed by atoms with van der Waals surface area (Å²) in [5, 5.41) is 10.6. The number of carboxylic acids is 1. The quantitative estimate of drug-likeness (QED) is 0.919. The maximum absolute atomic E-state index is 11.7. The number of para-hydroxylation sites is 1. The maximum Gasteiger partial charge on any atom is 0.326 e. The predicted molar refractivity (Wildman–Crippen MR) is 81.3 cm³/mol. The molecule has 1 aromatic carbocycles. The molecule has 0 saturated carbocycles. The van der Waals surface area contributed by atoms with Crippen LogP contribution >= 0.6 is 0 Å². The van der Waals surface area contributed by atoms with Gasteiger partial charge in [-0.3, -0.25) is 0 Å². The molecule has 1 saturated heterocycles. The Morgan fingerprint density at radius 2 is 2.14 bits per heavy atom. The Morgan fingerprint density at radius 1 is 1.38 bits per heavy atom. The summed E-state index contributed by atoms with van der Waals surface area (Å²) in [5.41, 5.74) is 0.550. The molecule has 1 atom stereocenters. The second-order valence-corrected chi connectivity index (χ2v) is 6.26. The molecule has 21 heavy (non-hydrogen) atoms. The lowest BCUT2D eigenvalue weighted by Crippen LogP contribution is -2.55. The number of hydrogen-bond acceptors (Lipinski definition) is 4. The summed E-state index contributed by atoms with van der Waals surface area (Å²) in [5.74, 6) is -0.301. The number of aromatic nitrogens is 2. The summed E-state index contributed by atoms with van der Waals surface area (Å²) in [6.07, 6.45) is 3.61. The fraction of sp³-hybridized carbons (Fsp3) is 0.438. The van der Waals surface area contributed by atoms with E-state index < -0.39 is 12.0 Å². The molecule has 1 aliphatic heterocycles. The molecule has 0 spiro atoms. The molecule has 2 aromatic rings. The van der Waals surface area contributed by atoms with Crippen molar-refractivity contribution in [1.82, 2.24) is 9.97 Å². The van der Waals surface area contributed by atoms with E-state index in [-0.39, 0.29) is 5.41 Å². The molecular weight excluding hydrogens is 266 g/mol. The van der Waals surface area contributed by atoms with Gasteiger partial charge in [0, 0.05) is 18.1 Å². The fourth-order valence-electron chi connectivity index (χ4n) is 3.18. The molecule has 5 nitrogen and oxygen atoms in total.